The first-order valence-electron chi connectivity index (χ1n) is 12.2. The number of anilines is 1. The summed E-state index contributed by atoms with van der Waals surface area (Å²) in [6, 6.07) is 25.2. The lowest BCUT2D eigenvalue weighted by Crippen LogP contribution is -2.32. The van der Waals surface area contributed by atoms with E-state index in [0.717, 1.165) is 5.56 Å². The van der Waals surface area contributed by atoms with E-state index in [0.29, 0.717) is 41.2 Å². The third-order valence-electron chi connectivity index (χ3n) is 5.72. The van der Waals surface area contributed by atoms with Crippen molar-refractivity contribution in [1.82, 2.24) is 9.78 Å². The summed E-state index contributed by atoms with van der Waals surface area (Å²) in [6.45, 7) is 6.37. The quantitative estimate of drug-likeness (QED) is 0.319. The largest absolute Gasteiger partial charge is 0.462 e. The van der Waals surface area contributed by atoms with E-state index in [1.54, 1.807) is 24.3 Å². The van der Waals surface area contributed by atoms with Crippen LogP contribution in [-0.2, 0) is 11.3 Å². The number of amides is 1. The molecule has 0 saturated heterocycles. The molecule has 0 radical (unpaired) electrons. The van der Waals surface area contributed by atoms with Crippen molar-refractivity contribution in [2.24, 2.45) is 5.92 Å². The Hall–Kier alpha value is -4.52. The Labute approximate surface area is 215 Å². The number of nitrogens with one attached hydrogen (secondary N) is 1. The molecule has 0 fully saturated rings. The smallest absolute Gasteiger partial charge is 0.338 e. The first-order valence-corrected chi connectivity index (χ1v) is 12.2. The number of aryl methyl sites for hydroxylation is 1. The zero-order valence-corrected chi connectivity index (χ0v) is 21.1. The molecule has 4 aromatic rings. The number of hydrogen-bond acceptors (Lipinski definition) is 5. The van der Waals surface area contributed by atoms with Gasteiger partial charge in [-0.25, -0.2) is 9.48 Å². The van der Waals surface area contributed by atoms with E-state index in [1.165, 1.54) is 4.68 Å². The summed E-state index contributed by atoms with van der Waals surface area (Å²) < 4.78 is 6.57. The van der Waals surface area contributed by atoms with Crippen LogP contribution >= 0.6 is 0 Å². The van der Waals surface area contributed by atoms with E-state index in [4.69, 9.17) is 4.74 Å². The Morgan fingerprint density at radius 2 is 1.49 bits per heavy atom. The van der Waals surface area contributed by atoms with Gasteiger partial charge in [0.05, 0.1) is 17.9 Å². The summed E-state index contributed by atoms with van der Waals surface area (Å²) in [5.41, 5.74) is 2.87. The Morgan fingerprint density at radius 3 is 2.05 bits per heavy atom. The van der Waals surface area contributed by atoms with Crippen LogP contribution in [0.25, 0.3) is 22.4 Å². The molecule has 37 heavy (non-hydrogen) atoms. The van der Waals surface area contributed by atoms with Gasteiger partial charge in [0.2, 0.25) is 0 Å². The molecule has 7 nitrogen and oxygen atoms in total. The maximum atomic E-state index is 13.6. The van der Waals surface area contributed by atoms with Gasteiger partial charge in [-0.2, -0.15) is 5.10 Å². The zero-order chi connectivity index (χ0) is 26.4. The van der Waals surface area contributed by atoms with Crippen LogP contribution in [0.15, 0.2) is 89.7 Å². The number of rotatable bonds is 8. The highest BCUT2D eigenvalue weighted by Crippen LogP contribution is 2.32. The summed E-state index contributed by atoms with van der Waals surface area (Å²) in [4.78, 5) is 39.3. The van der Waals surface area contributed by atoms with E-state index in [2.05, 4.69) is 10.4 Å². The van der Waals surface area contributed by atoms with Gasteiger partial charge in [-0.15, -0.1) is 0 Å². The molecule has 0 unspecified atom stereocenters. The van der Waals surface area contributed by atoms with Gasteiger partial charge in [0.15, 0.2) is 0 Å². The second kappa shape index (κ2) is 11.5. The second-order valence-electron chi connectivity index (χ2n) is 8.98. The topological polar surface area (TPSA) is 90.3 Å². The predicted molar refractivity (Wildman–Crippen MR) is 145 cm³/mol. The molecule has 1 heterocycles. The molecule has 0 bridgehead atoms. The second-order valence-corrected chi connectivity index (χ2v) is 8.98. The lowest BCUT2D eigenvalue weighted by Gasteiger charge is -2.17. The summed E-state index contributed by atoms with van der Waals surface area (Å²) in [7, 11) is 0. The van der Waals surface area contributed by atoms with Crippen LogP contribution < -0.4 is 10.9 Å². The van der Waals surface area contributed by atoms with Crippen molar-refractivity contribution in [1.29, 1.82) is 0 Å². The highest BCUT2D eigenvalue weighted by molar-refractivity contribution is 6.10. The Balaban J connectivity index is 1.76. The van der Waals surface area contributed by atoms with E-state index < -0.39 is 17.4 Å². The van der Waals surface area contributed by atoms with Crippen molar-refractivity contribution in [3.05, 3.63) is 106 Å². The summed E-state index contributed by atoms with van der Waals surface area (Å²) in [5, 5.41) is 7.44. The van der Waals surface area contributed by atoms with Crippen molar-refractivity contribution < 1.29 is 14.3 Å². The Kier molecular flexibility index (Phi) is 7.93. The minimum atomic E-state index is -0.555. The third kappa shape index (κ3) is 5.83. The van der Waals surface area contributed by atoms with Gasteiger partial charge in [-0.3, -0.25) is 9.59 Å². The van der Waals surface area contributed by atoms with Crippen LogP contribution in [0.1, 0.15) is 41.5 Å². The Morgan fingerprint density at radius 1 is 0.892 bits per heavy atom. The fourth-order valence-electron chi connectivity index (χ4n) is 3.89. The van der Waals surface area contributed by atoms with Gasteiger partial charge in [-0.1, -0.05) is 74.5 Å². The van der Waals surface area contributed by atoms with Gasteiger partial charge < -0.3 is 10.1 Å². The number of carbonyl (C=O) groups excluding carboxylic acids is 2. The van der Waals surface area contributed by atoms with E-state index in [-0.39, 0.29) is 11.5 Å². The van der Waals surface area contributed by atoms with Gasteiger partial charge in [0, 0.05) is 23.4 Å². The molecule has 0 aliphatic carbocycles. The van der Waals surface area contributed by atoms with Crippen molar-refractivity contribution in [3.8, 4) is 22.4 Å². The van der Waals surface area contributed by atoms with Crippen LogP contribution in [0.5, 0.6) is 0 Å². The SMILES string of the molecule is CCn1nc(-c2ccccc2)c(-c2ccccc2)c(C(=O)Nc2ccc(C(=O)OCC(C)C)cc2)c1=O. The number of hydrogen-bond donors (Lipinski definition) is 1. The summed E-state index contributed by atoms with van der Waals surface area (Å²) >= 11 is 0. The van der Waals surface area contributed by atoms with Gasteiger partial charge >= 0.3 is 5.97 Å². The van der Waals surface area contributed by atoms with Crippen LogP contribution in [0.3, 0.4) is 0 Å². The molecule has 0 aliphatic heterocycles. The molecule has 0 atom stereocenters. The first kappa shape index (κ1) is 25.6. The molecular formula is C30H29N3O4. The van der Waals surface area contributed by atoms with E-state index >= 15 is 0 Å². The molecule has 4 rings (SSSR count). The van der Waals surface area contributed by atoms with Crippen molar-refractivity contribution in [2.75, 3.05) is 11.9 Å². The lowest BCUT2D eigenvalue weighted by atomic mass is 9.95. The van der Waals surface area contributed by atoms with Crippen molar-refractivity contribution >= 4 is 17.6 Å². The van der Waals surface area contributed by atoms with Gasteiger partial charge in [0.1, 0.15) is 5.56 Å². The number of benzene rings is 3. The van der Waals surface area contributed by atoms with Gasteiger partial charge in [0.25, 0.3) is 11.5 Å². The van der Waals surface area contributed by atoms with Gasteiger partial charge in [-0.05, 0) is 42.7 Å². The highest BCUT2D eigenvalue weighted by atomic mass is 16.5. The average molecular weight is 496 g/mol. The lowest BCUT2D eigenvalue weighted by molar-refractivity contribution is 0.0459. The maximum Gasteiger partial charge on any atom is 0.338 e. The molecule has 1 N–H and O–H groups in total. The first-order chi connectivity index (χ1) is 17.9. The molecular weight excluding hydrogens is 466 g/mol. The minimum absolute atomic E-state index is 0.00215. The fraction of sp³-hybridized carbons (Fsp3) is 0.200. The highest BCUT2D eigenvalue weighted by Gasteiger charge is 2.25. The molecule has 0 spiro atoms. The summed E-state index contributed by atoms with van der Waals surface area (Å²) in [5.74, 6) is -0.749. The molecule has 1 amide bonds. The van der Waals surface area contributed by atoms with Crippen molar-refractivity contribution in [2.45, 2.75) is 27.3 Å². The van der Waals surface area contributed by atoms with E-state index in [9.17, 15) is 14.4 Å². The van der Waals surface area contributed by atoms with Crippen LogP contribution in [0.4, 0.5) is 5.69 Å². The minimum Gasteiger partial charge on any atom is -0.462 e. The molecule has 1 aromatic heterocycles. The van der Waals surface area contributed by atoms with E-state index in [1.807, 2.05) is 81.4 Å². The molecule has 188 valence electrons. The normalized spacial score (nSPS) is 10.8. The predicted octanol–water partition coefficient (Wildman–Crippen LogP) is 5.66. The number of esters is 1. The monoisotopic (exact) mass is 495 g/mol. The number of nitrogens with zero attached hydrogens (tertiary/aromatic N) is 2. The average Bonchev–Trinajstić information content (AvgIpc) is 2.92. The van der Waals surface area contributed by atoms with Crippen LogP contribution in [-0.4, -0.2) is 28.3 Å². The Bertz CT molecular complexity index is 1440. The number of carbonyl (C=O) groups is 2. The molecule has 3 aromatic carbocycles. The fourth-order valence-corrected chi connectivity index (χ4v) is 3.89. The zero-order valence-electron chi connectivity index (χ0n) is 21.1. The van der Waals surface area contributed by atoms with Crippen LogP contribution in [0.2, 0.25) is 0 Å². The maximum absolute atomic E-state index is 13.6. The third-order valence-corrected chi connectivity index (χ3v) is 5.72. The summed E-state index contributed by atoms with van der Waals surface area (Å²) in [6.07, 6.45) is 0. The number of ether oxygens (including phenoxy) is 1. The molecule has 7 heteroatoms. The van der Waals surface area contributed by atoms with Crippen molar-refractivity contribution in [3.63, 3.8) is 0 Å². The molecule has 0 saturated carbocycles. The molecule has 0 aliphatic rings. The number of aromatic nitrogens is 2. The van der Waals surface area contributed by atoms with Crippen LogP contribution in [0, 0.1) is 5.92 Å². The standard InChI is InChI=1S/C30H29N3O4/c1-4-33-29(35)26(28(34)31-24-17-15-23(16-18-24)30(36)37-19-20(2)3)25(21-11-7-5-8-12-21)27(32-33)22-13-9-6-10-14-22/h5-18,20H,4,19H2,1-3H3,(H,31,34).